The van der Waals surface area contributed by atoms with Crippen LogP contribution in [0.2, 0.25) is 0 Å². The second-order valence-corrected chi connectivity index (χ2v) is 5.60. The first-order valence-corrected chi connectivity index (χ1v) is 7.46. The molecule has 4 nitrogen and oxygen atoms in total. The predicted molar refractivity (Wildman–Crippen MR) is 74.2 cm³/mol. The van der Waals surface area contributed by atoms with Crippen LogP contribution in [0.3, 0.4) is 0 Å². The van der Waals surface area contributed by atoms with Crippen molar-refractivity contribution >= 4 is 17.7 Å². The van der Waals surface area contributed by atoms with Crippen LogP contribution in [0.5, 0.6) is 0 Å². The van der Waals surface area contributed by atoms with Gasteiger partial charge in [0.1, 0.15) is 0 Å². The van der Waals surface area contributed by atoms with Gasteiger partial charge in [0, 0.05) is 6.61 Å². The first-order valence-electron chi connectivity index (χ1n) is 6.30. The van der Waals surface area contributed by atoms with Crippen LogP contribution in [0.15, 0.2) is 0 Å². The van der Waals surface area contributed by atoms with E-state index >= 15 is 0 Å². The van der Waals surface area contributed by atoms with Gasteiger partial charge in [0.25, 0.3) is 0 Å². The molecule has 0 heterocycles. The summed E-state index contributed by atoms with van der Waals surface area (Å²) in [4.78, 5) is 11.3. The van der Waals surface area contributed by atoms with Crippen LogP contribution in [-0.4, -0.2) is 41.2 Å². The molecule has 0 saturated heterocycles. The Labute approximate surface area is 109 Å². The van der Waals surface area contributed by atoms with Gasteiger partial charge in [-0.2, -0.15) is 11.8 Å². The molecule has 102 valence electrons. The maximum atomic E-state index is 11.3. The van der Waals surface area contributed by atoms with E-state index in [2.05, 4.69) is 5.32 Å². The molecule has 5 heteroatoms. The van der Waals surface area contributed by atoms with E-state index in [1.54, 1.807) is 0 Å². The minimum atomic E-state index is -0.565. The highest BCUT2D eigenvalue weighted by Crippen LogP contribution is 2.15. The average molecular weight is 262 g/mol. The fourth-order valence-electron chi connectivity index (χ4n) is 1.64. The Morgan fingerprint density at radius 2 is 2.00 bits per heavy atom. The highest BCUT2D eigenvalue weighted by atomic mass is 32.2. The number of unbranched alkanes of at least 4 members (excludes halogenated alkanes) is 1. The number of aliphatic hydroxyl groups excluding tert-OH is 1. The average Bonchev–Trinajstić information content (AvgIpc) is 2.28. The molecule has 1 amide bonds. The molecule has 1 atom stereocenters. The lowest BCUT2D eigenvalue weighted by molar-refractivity contribution is -0.124. The van der Waals surface area contributed by atoms with Crippen LogP contribution in [0.4, 0.5) is 0 Å². The summed E-state index contributed by atoms with van der Waals surface area (Å²) in [7, 11) is 0. The molecule has 0 spiro atoms. The monoisotopic (exact) mass is 262 g/mol. The summed E-state index contributed by atoms with van der Waals surface area (Å²) < 4.78 is 0. The van der Waals surface area contributed by atoms with Crippen molar-refractivity contribution in [2.24, 2.45) is 5.73 Å². The van der Waals surface area contributed by atoms with Gasteiger partial charge in [0.2, 0.25) is 5.91 Å². The zero-order valence-corrected chi connectivity index (χ0v) is 11.8. The molecule has 0 aromatic carbocycles. The summed E-state index contributed by atoms with van der Waals surface area (Å²) in [5.41, 5.74) is 4.84. The number of aliphatic hydroxyl groups is 1. The molecule has 1 unspecified atom stereocenters. The third-order valence-electron chi connectivity index (χ3n) is 2.77. The van der Waals surface area contributed by atoms with Crippen LogP contribution >= 0.6 is 11.8 Å². The molecule has 0 aliphatic carbocycles. The molecule has 0 fully saturated rings. The molecule has 0 saturated carbocycles. The second-order valence-electron chi connectivity index (χ2n) is 4.37. The Bertz CT molecular complexity index is 215. The molecule has 4 N–H and O–H groups in total. The highest BCUT2D eigenvalue weighted by Gasteiger charge is 2.28. The van der Waals surface area contributed by atoms with E-state index in [-0.39, 0.29) is 12.5 Å². The summed E-state index contributed by atoms with van der Waals surface area (Å²) in [6.45, 7) is 4.88. The fraction of sp³-hybridized carbons (Fsp3) is 0.917. The summed E-state index contributed by atoms with van der Waals surface area (Å²) >= 11 is 1.85. The third kappa shape index (κ3) is 7.63. The lowest BCUT2D eigenvalue weighted by Crippen LogP contribution is -2.52. The van der Waals surface area contributed by atoms with E-state index in [4.69, 9.17) is 10.8 Å². The topological polar surface area (TPSA) is 75.3 Å². The van der Waals surface area contributed by atoms with Crippen molar-refractivity contribution in [1.82, 2.24) is 5.32 Å². The van der Waals surface area contributed by atoms with E-state index in [9.17, 15) is 4.79 Å². The van der Waals surface area contributed by atoms with Crippen molar-refractivity contribution in [3.8, 4) is 0 Å². The van der Waals surface area contributed by atoms with Gasteiger partial charge >= 0.3 is 0 Å². The zero-order valence-electron chi connectivity index (χ0n) is 11.0. The molecule has 0 bridgehead atoms. The lowest BCUT2D eigenvalue weighted by Gasteiger charge is -2.26. The van der Waals surface area contributed by atoms with Gasteiger partial charge in [-0.1, -0.05) is 13.3 Å². The number of nitrogens with two attached hydrogens (primary N) is 1. The van der Waals surface area contributed by atoms with Crippen molar-refractivity contribution in [3.63, 3.8) is 0 Å². The van der Waals surface area contributed by atoms with Gasteiger partial charge in [0.15, 0.2) is 0 Å². The van der Waals surface area contributed by atoms with Gasteiger partial charge in [-0.05, 0) is 44.2 Å². The van der Waals surface area contributed by atoms with Crippen molar-refractivity contribution in [2.75, 3.05) is 24.7 Å². The van der Waals surface area contributed by atoms with Crippen molar-refractivity contribution in [2.45, 2.75) is 45.1 Å². The zero-order chi connectivity index (χ0) is 13.1. The normalized spacial score (nSPS) is 14.5. The van der Waals surface area contributed by atoms with Crippen molar-refractivity contribution in [3.05, 3.63) is 0 Å². The summed E-state index contributed by atoms with van der Waals surface area (Å²) in [6, 6.07) is 0. The highest BCUT2D eigenvalue weighted by molar-refractivity contribution is 7.99. The number of carbonyl (C=O) groups excluding carboxylic acids is 1. The molecule has 0 aliphatic rings. The molecule has 0 aliphatic heterocycles. The first kappa shape index (κ1) is 16.7. The molecular weight excluding hydrogens is 236 g/mol. The largest absolute Gasteiger partial charge is 0.396 e. The first-order chi connectivity index (χ1) is 8.06. The van der Waals surface area contributed by atoms with Gasteiger partial charge in [-0.25, -0.2) is 0 Å². The third-order valence-corrected chi connectivity index (χ3v) is 3.93. The fourth-order valence-corrected chi connectivity index (χ4v) is 2.59. The lowest BCUT2D eigenvalue weighted by atomic mass is 9.94. The van der Waals surface area contributed by atoms with Gasteiger partial charge in [-0.3, -0.25) is 4.79 Å². The molecule has 0 radical (unpaired) electrons. The van der Waals surface area contributed by atoms with Gasteiger partial charge in [0.05, 0.1) is 5.54 Å². The second kappa shape index (κ2) is 9.74. The maximum Gasteiger partial charge on any atom is 0.237 e. The predicted octanol–water partition coefficient (Wildman–Crippen LogP) is 1.13. The van der Waals surface area contributed by atoms with E-state index in [0.29, 0.717) is 0 Å². The number of thioether (sulfide) groups is 1. The Hall–Kier alpha value is -0.260. The smallest absolute Gasteiger partial charge is 0.237 e. The Balaban J connectivity index is 3.65. The molecule has 0 aromatic rings. The summed E-state index contributed by atoms with van der Waals surface area (Å²) in [5.74, 6) is 1.82. The molecule has 0 aromatic heterocycles. The Kier molecular flexibility index (Phi) is 9.59. The van der Waals surface area contributed by atoms with E-state index in [1.807, 2.05) is 25.6 Å². The standard InChI is InChI=1S/C12H26N2O2S/c1-3-14-12(2,11(13)16)7-4-5-9-17-10-6-8-15/h14-15H,3-10H2,1-2H3,(H2,13,16). The SMILES string of the molecule is CCNC(C)(CCCCSCCCO)C(N)=O. The van der Waals surface area contributed by atoms with Crippen LogP contribution in [0.1, 0.15) is 39.5 Å². The van der Waals surface area contributed by atoms with Crippen LogP contribution in [-0.2, 0) is 4.79 Å². The summed E-state index contributed by atoms with van der Waals surface area (Å²) in [5, 5.41) is 11.8. The van der Waals surface area contributed by atoms with Crippen LogP contribution < -0.4 is 11.1 Å². The van der Waals surface area contributed by atoms with E-state index < -0.39 is 5.54 Å². The number of carbonyl (C=O) groups is 1. The number of nitrogens with one attached hydrogen (secondary N) is 1. The van der Waals surface area contributed by atoms with Crippen LogP contribution in [0.25, 0.3) is 0 Å². The van der Waals surface area contributed by atoms with E-state index in [1.165, 1.54) is 0 Å². The van der Waals surface area contributed by atoms with Crippen molar-refractivity contribution < 1.29 is 9.90 Å². The maximum absolute atomic E-state index is 11.3. The molecular formula is C12H26N2O2S. The number of primary amides is 1. The van der Waals surface area contributed by atoms with Crippen molar-refractivity contribution in [1.29, 1.82) is 0 Å². The number of likely N-dealkylation sites (N-methyl/N-ethyl adjacent to an activating group) is 1. The number of rotatable bonds is 11. The molecule has 17 heavy (non-hydrogen) atoms. The minimum absolute atomic E-state index is 0.271. The van der Waals surface area contributed by atoms with Gasteiger partial charge in [-0.15, -0.1) is 0 Å². The minimum Gasteiger partial charge on any atom is -0.396 e. The summed E-state index contributed by atoms with van der Waals surface area (Å²) in [6.07, 6.45) is 3.74. The van der Waals surface area contributed by atoms with Gasteiger partial charge < -0.3 is 16.2 Å². The quantitative estimate of drug-likeness (QED) is 0.488. The Morgan fingerprint density at radius 1 is 1.35 bits per heavy atom. The number of amides is 1. The van der Waals surface area contributed by atoms with Crippen LogP contribution in [0, 0.1) is 0 Å². The van der Waals surface area contributed by atoms with E-state index in [0.717, 1.165) is 43.7 Å². The number of hydrogen-bond donors (Lipinski definition) is 3. The Morgan fingerprint density at radius 3 is 2.53 bits per heavy atom. The number of hydrogen-bond acceptors (Lipinski definition) is 4. The molecule has 0 rings (SSSR count).